The number of ketones is 1. The van der Waals surface area contributed by atoms with E-state index in [1.54, 1.807) is 12.1 Å². The maximum atomic E-state index is 14.0. The summed E-state index contributed by atoms with van der Waals surface area (Å²) in [4.78, 5) is 12.7. The summed E-state index contributed by atoms with van der Waals surface area (Å²) in [6.45, 7) is 3.79. The van der Waals surface area contributed by atoms with Gasteiger partial charge in [-0.2, -0.15) is 0 Å². The molecule has 3 nitrogen and oxygen atoms in total. The van der Waals surface area contributed by atoms with Gasteiger partial charge < -0.3 is 9.47 Å². The van der Waals surface area contributed by atoms with Crippen LogP contribution in [0.25, 0.3) is 0 Å². The Kier molecular flexibility index (Phi) is 4.26. The third-order valence-electron chi connectivity index (χ3n) is 3.55. The molecule has 0 aliphatic rings. The van der Waals surface area contributed by atoms with Gasteiger partial charge in [-0.1, -0.05) is 12.1 Å². The Hall–Kier alpha value is -2.36. The van der Waals surface area contributed by atoms with E-state index >= 15 is 0 Å². The van der Waals surface area contributed by atoms with Gasteiger partial charge in [0.05, 0.1) is 19.8 Å². The van der Waals surface area contributed by atoms with Crippen LogP contribution in [0, 0.1) is 19.7 Å². The van der Waals surface area contributed by atoms with Crippen LogP contribution in [0.3, 0.4) is 0 Å². The third kappa shape index (κ3) is 2.61. The lowest BCUT2D eigenvalue weighted by molar-refractivity contribution is 0.102. The summed E-state index contributed by atoms with van der Waals surface area (Å²) in [5.74, 6) is -0.393. The predicted octanol–water partition coefficient (Wildman–Crippen LogP) is 3.69. The molecule has 0 N–H and O–H groups in total. The molecule has 0 amide bonds. The molecule has 0 unspecified atom stereocenters. The minimum absolute atomic E-state index is 0.0819. The third-order valence-corrected chi connectivity index (χ3v) is 3.55. The first-order valence-electron chi connectivity index (χ1n) is 6.52. The highest BCUT2D eigenvalue weighted by Gasteiger charge is 2.23. The molecule has 0 radical (unpaired) electrons. The van der Waals surface area contributed by atoms with Gasteiger partial charge in [-0.25, -0.2) is 4.39 Å². The molecule has 0 spiro atoms. The van der Waals surface area contributed by atoms with Crippen molar-refractivity contribution in [1.82, 2.24) is 0 Å². The number of methoxy groups -OCH3 is 2. The molecule has 110 valence electrons. The topological polar surface area (TPSA) is 35.5 Å². The van der Waals surface area contributed by atoms with E-state index in [2.05, 4.69) is 0 Å². The number of carbonyl (C=O) groups excluding carboxylic acids is 1. The van der Waals surface area contributed by atoms with Crippen molar-refractivity contribution in [2.45, 2.75) is 13.8 Å². The van der Waals surface area contributed by atoms with Gasteiger partial charge in [0.15, 0.2) is 0 Å². The lowest BCUT2D eigenvalue weighted by Gasteiger charge is -2.14. The van der Waals surface area contributed by atoms with Gasteiger partial charge in [-0.15, -0.1) is 0 Å². The van der Waals surface area contributed by atoms with Crippen LogP contribution in [0.5, 0.6) is 11.5 Å². The average molecular weight is 288 g/mol. The number of hydrogen-bond acceptors (Lipinski definition) is 3. The fourth-order valence-electron chi connectivity index (χ4n) is 2.26. The van der Waals surface area contributed by atoms with E-state index in [0.717, 1.165) is 11.1 Å². The summed E-state index contributed by atoms with van der Waals surface area (Å²) in [6, 6.07) is 7.77. The van der Waals surface area contributed by atoms with Crippen LogP contribution in [0.4, 0.5) is 4.39 Å². The quantitative estimate of drug-likeness (QED) is 0.805. The summed E-state index contributed by atoms with van der Waals surface area (Å²) in [5.41, 5.74) is 2.10. The SMILES string of the molecule is COc1cccc(F)c1C(=O)c1ccc(C)c(C)c1OC. The Morgan fingerprint density at radius 2 is 1.76 bits per heavy atom. The monoisotopic (exact) mass is 288 g/mol. The van der Waals surface area contributed by atoms with Gasteiger partial charge in [-0.05, 0) is 43.2 Å². The maximum Gasteiger partial charge on any atom is 0.203 e. The summed E-state index contributed by atoms with van der Waals surface area (Å²) in [6.07, 6.45) is 0. The van der Waals surface area contributed by atoms with E-state index in [0.29, 0.717) is 11.3 Å². The normalized spacial score (nSPS) is 10.3. The summed E-state index contributed by atoms with van der Waals surface area (Å²) < 4.78 is 24.5. The van der Waals surface area contributed by atoms with E-state index in [9.17, 15) is 9.18 Å². The molecule has 0 aliphatic heterocycles. The Balaban J connectivity index is 2.64. The molecule has 2 aromatic carbocycles. The minimum atomic E-state index is -0.611. The molecular formula is C17H17FO3. The summed E-state index contributed by atoms with van der Waals surface area (Å²) >= 11 is 0. The predicted molar refractivity (Wildman–Crippen MR) is 78.9 cm³/mol. The van der Waals surface area contributed by atoms with Crippen LogP contribution in [0.15, 0.2) is 30.3 Å². The first-order valence-corrected chi connectivity index (χ1v) is 6.52. The molecule has 0 fully saturated rings. The van der Waals surface area contributed by atoms with Gasteiger partial charge in [0.25, 0.3) is 0 Å². The molecule has 0 aromatic heterocycles. The second-order valence-corrected chi connectivity index (χ2v) is 4.73. The average Bonchev–Trinajstić information content (AvgIpc) is 2.48. The second-order valence-electron chi connectivity index (χ2n) is 4.73. The number of hydrogen-bond donors (Lipinski definition) is 0. The van der Waals surface area contributed by atoms with Gasteiger partial charge in [0, 0.05) is 0 Å². The first-order chi connectivity index (χ1) is 10.0. The van der Waals surface area contributed by atoms with E-state index < -0.39 is 11.6 Å². The molecule has 0 aliphatic carbocycles. The molecule has 0 heterocycles. The maximum absolute atomic E-state index is 14.0. The van der Waals surface area contributed by atoms with Crippen molar-refractivity contribution in [2.24, 2.45) is 0 Å². The summed E-state index contributed by atoms with van der Waals surface area (Å²) in [5, 5.41) is 0. The molecule has 0 saturated heterocycles. The molecule has 4 heteroatoms. The number of aryl methyl sites for hydroxylation is 1. The highest BCUT2D eigenvalue weighted by Crippen LogP contribution is 2.31. The molecule has 0 saturated carbocycles. The number of benzene rings is 2. The van der Waals surface area contributed by atoms with Crippen LogP contribution in [-0.4, -0.2) is 20.0 Å². The smallest absolute Gasteiger partial charge is 0.203 e. The van der Waals surface area contributed by atoms with Crippen LogP contribution in [0.2, 0.25) is 0 Å². The van der Waals surface area contributed by atoms with Crippen molar-refractivity contribution in [3.63, 3.8) is 0 Å². The zero-order chi connectivity index (χ0) is 15.6. The Morgan fingerprint density at radius 1 is 1.05 bits per heavy atom. The van der Waals surface area contributed by atoms with E-state index in [-0.39, 0.29) is 11.3 Å². The summed E-state index contributed by atoms with van der Waals surface area (Å²) in [7, 11) is 2.90. The van der Waals surface area contributed by atoms with Crippen molar-refractivity contribution < 1.29 is 18.7 Å². The zero-order valence-electron chi connectivity index (χ0n) is 12.5. The lowest BCUT2D eigenvalue weighted by atomic mass is 9.97. The molecule has 0 atom stereocenters. The van der Waals surface area contributed by atoms with E-state index in [4.69, 9.17) is 9.47 Å². The molecule has 2 rings (SSSR count). The number of rotatable bonds is 4. The lowest BCUT2D eigenvalue weighted by Crippen LogP contribution is -2.09. The molecular weight excluding hydrogens is 271 g/mol. The van der Waals surface area contributed by atoms with Crippen molar-refractivity contribution >= 4 is 5.78 Å². The number of ether oxygens (including phenoxy) is 2. The Bertz CT molecular complexity index is 693. The highest BCUT2D eigenvalue weighted by atomic mass is 19.1. The molecule has 2 aromatic rings. The highest BCUT2D eigenvalue weighted by molar-refractivity contribution is 6.12. The molecule has 21 heavy (non-hydrogen) atoms. The standard InChI is InChI=1S/C17H17FO3/c1-10-8-9-12(17(21-4)11(10)2)16(19)15-13(18)6-5-7-14(15)20-3/h5-9H,1-4H3. The molecule has 0 bridgehead atoms. The van der Waals surface area contributed by atoms with E-state index in [1.807, 2.05) is 19.9 Å². The first kappa shape index (κ1) is 15.0. The largest absolute Gasteiger partial charge is 0.496 e. The van der Waals surface area contributed by atoms with Gasteiger partial charge >= 0.3 is 0 Å². The van der Waals surface area contributed by atoms with E-state index in [1.165, 1.54) is 26.4 Å². The second kappa shape index (κ2) is 5.95. The fraction of sp³-hybridized carbons (Fsp3) is 0.235. The Labute approximate surface area is 123 Å². The van der Waals surface area contributed by atoms with Crippen LogP contribution in [-0.2, 0) is 0 Å². The number of halogens is 1. The van der Waals surface area contributed by atoms with Gasteiger partial charge in [0.2, 0.25) is 5.78 Å². The minimum Gasteiger partial charge on any atom is -0.496 e. The fourth-order valence-corrected chi connectivity index (χ4v) is 2.26. The van der Waals surface area contributed by atoms with Crippen molar-refractivity contribution in [2.75, 3.05) is 14.2 Å². The van der Waals surface area contributed by atoms with Crippen LogP contribution >= 0.6 is 0 Å². The number of carbonyl (C=O) groups is 1. The van der Waals surface area contributed by atoms with Crippen molar-refractivity contribution in [3.05, 3.63) is 58.4 Å². The van der Waals surface area contributed by atoms with Crippen molar-refractivity contribution in [1.29, 1.82) is 0 Å². The Morgan fingerprint density at radius 3 is 2.38 bits per heavy atom. The van der Waals surface area contributed by atoms with Gasteiger partial charge in [0.1, 0.15) is 22.9 Å². The van der Waals surface area contributed by atoms with Crippen LogP contribution < -0.4 is 9.47 Å². The van der Waals surface area contributed by atoms with Crippen LogP contribution in [0.1, 0.15) is 27.0 Å². The zero-order valence-corrected chi connectivity index (χ0v) is 12.5. The van der Waals surface area contributed by atoms with Gasteiger partial charge in [-0.3, -0.25) is 4.79 Å². The van der Waals surface area contributed by atoms with Crippen molar-refractivity contribution in [3.8, 4) is 11.5 Å².